The Bertz CT molecular complexity index is 569. The van der Waals surface area contributed by atoms with Crippen LogP contribution in [0, 0.1) is 5.82 Å². The molecular weight excluding hydrogens is 261 g/mol. The van der Waals surface area contributed by atoms with Gasteiger partial charge in [-0.1, -0.05) is 11.6 Å². The molecule has 7 heteroatoms. The molecule has 18 heavy (non-hydrogen) atoms. The minimum atomic E-state index is -1.16. The maximum absolute atomic E-state index is 13.1. The number of anilines is 2. The lowest BCUT2D eigenvalue weighted by Crippen LogP contribution is -2.03. The predicted octanol–water partition coefficient (Wildman–Crippen LogP) is 2.71. The van der Waals surface area contributed by atoms with Crippen molar-refractivity contribution in [2.45, 2.75) is 0 Å². The van der Waals surface area contributed by atoms with Crippen LogP contribution in [0.15, 0.2) is 30.3 Å². The lowest BCUT2D eigenvalue weighted by Gasteiger charge is -2.05. The van der Waals surface area contributed by atoms with Crippen molar-refractivity contribution in [2.24, 2.45) is 0 Å². The van der Waals surface area contributed by atoms with Gasteiger partial charge in [-0.3, -0.25) is 0 Å². The molecule has 1 heterocycles. The van der Waals surface area contributed by atoms with Crippen molar-refractivity contribution in [3.8, 4) is 0 Å². The zero-order valence-corrected chi connectivity index (χ0v) is 9.65. The summed E-state index contributed by atoms with van der Waals surface area (Å²) in [5, 5.41) is 18.8. The maximum atomic E-state index is 13.1. The molecule has 5 nitrogen and oxygen atoms in total. The zero-order chi connectivity index (χ0) is 13.1. The predicted molar refractivity (Wildman–Crippen MR) is 63.7 cm³/mol. The first-order valence-electron chi connectivity index (χ1n) is 4.85. The second-order valence-electron chi connectivity index (χ2n) is 3.39. The summed E-state index contributed by atoms with van der Waals surface area (Å²) in [4.78, 5) is 10.6. The van der Waals surface area contributed by atoms with Crippen LogP contribution in [0.25, 0.3) is 0 Å². The summed E-state index contributed by atoms with van der Waals surface area (Å²) >= 11 is 5.69. The van der Waals surface area contributed by atoms with Gasteiger partial charge in [-0.25, -0.2) is 9.18 Å². The number of aromatic nitrogens is 2. The highest BCUT2D eigenvalue weighted by Gasteiger charge is 2.06. The molecule has 0 amide bonds. The quantitative estimate of drug-likeness (QED) is 0.894. The molecule has 0 spiro atoms. The molecule has 0 bridgehead atoms. The van der Waals surface area contributed by atoms with Crippen molar-refractivity contribution < 1.29 is 14.3 Å². The molecule has 0 radical (unpaired) electrons. The SMILES string of the molecule is O=C(O)c1ccc(Nc2cc(F)cc(Cl)c2)nn1. The van der Waals surface area contributed by atoms with Crippen molar-refractivity contribution in [2.75, 3.05) is 5.32 Å². The summed E-state index contributed by atoms with van der Waals surface area (Å²) in [7, 11) is 0. The Hall–Kier alpha value is -2.21. The number of halogens is 2. The first kappa shape index (κ1) is 12.3. The van der Waals surface area contributed by atoms with E-state index in [4.69, 9.17) is 16.7 Å². The van der Waals surface area contributed by atoms with Gasteiger partial charge >= 0.3 is 5.97 Å². The molecule has 0 saturated heterocycles. The maximum Gasteiger partial charge on any atom is 0.356 e. The van der Waals surface area contributed by atoms with E-state index in [0.717, 1.165) is 0 Å². The monoisotopic (exact) mass is 267 g/mol. The largest absolute Gasteiger partial charge is 0.476 e. The number of carboxylic acid groups (broad SMARTS) is 1. The normalized spacial score (nSPS) is 10.1. The molecule has 0 unspecified atom stereocenters. The molecule has 2 N–H and O–H groups in total. The van der Waals surface area contributed by atoms with E-state index in [9.17, 15) is 9.18 Å². The first-order chi connectivity index (χ1) is 8.54. The number of hydrogen-bond donors (Lipinski definition) is 2. The van der Waals surface area contributed by atoms with Gasteiger partial charge in [0.05, 0.1) is 0 Å². The third-order valence-electron chi connectivity index (χ3n) is 2.02. The average Bonchev–Trinajstić information content (AvgIpc) is 2.28. The summed E-state index contributed by atoms with van der Waals surface area (Å²) in [5.41, 5.74) is 0.232. The van der Waals surface area contributed by atoms with Crippen LogP contribution in [0.3, 0.4) is 0 Å². The number of hydrogen-bond acceptors (Lipinski definition) is 4. The molecule has 1 aromatic heterocycles. The Labute approximate surface area is 106 Å². The highest BCUT2D eigenvalue weighted by Crippen LogP contribution is 2.20. The van der Waals surface area contributed by atoms with E-state index in [1.54, 1.807) is 0 Å². The third kappa shape index (κ3) is 2.92. The molecule has 0 aliphatic heterocycles. The van der Waals surface area contributed by atoms with Gasteiger partial charge in [0.25, 0.3) is 0 Å². The second-order valence-corrected chi connectivity index (χ2v) is 3.83. The van der Waals surface area contributed by atoms with Gasteiger partial charge in [-0.2, -0.15) is 0 Å². The Morgan fingerprint density at radius 3 is 2.61 bits per heavy atom. The van der Waals surface area contributed by atoms with E-state index >= 15 is 0 Å². The van der Waals surface area contributed by atoms with Gasteiger partial charge in [0.15, 0.2) is 11.5 Å². The molecule has 2 aromatic rings. The topological polar surface area (TPSA) is 75.1 Å². The minimum Gasteiger partial charge on any atom is -0.476 e. The van der Waals surface area contributed by atoms with E-state index in [0.29, 0.717) is 11.5 Å². The Morgan fingerprint density at radius 1 is 1.28 bits per heavy atom. The molecule has 0 fully saturated rings. The molecule has 1 aromatic carbocycles. The first-order valence-corrected chi connectivity index (χ1v) is 5.22. The van der Waals surface area contributed by atoms with Crippen molar-refractivity contribution >= 4 is 29.1 Å². The Balaban J connectivity index is 2.20. The van der Waals surface area contributed by atoms with Gasteiger partial charge in [-0.05, 0) is 30.3 Å². The highest BCUT2D eigenvalue weighted by atomic mass is 35.5. The lowest BCUT2D eigenvalue weighted by molar-refractivity contribution is 0.0689. The lowest BCUT2D eigenvalue weighted by atomic mass is 10.3. The smallest absolute Gasteiger partial charge is 0.356 e. The van der Waals surface area contributed by atoms with Crippen molar-refractivity contribution in [1.82, 2.24) is 10.2 Å². The van der Waals surface area contributed by atoms with Crippen LogP contribution < -0.4 is 5.32 Å². The minimum absolute atomic E-state index is 0.169. The van der Waals surface area contributed by atoms with Crippen LogP contribution >= 0.6 is 11.6 Å². The number of rotatable bonds is 3. The molecular formula is C11H7ClFN3O2. The van der Waals surface area contributed by atoms with Crippen molar-refractivity contribution in [1.29, 1.82) is 0 Å². The van der Waals surface area contributed by atoms with E-state index in [2.05, 4.69) is 15.5 Å². The fourth-order valence-electron chi connectivity index (χ4n) is 1.29. The van der Waals surface area contributed by atoms with Crippen LogP contribution in [0.2, 0.25) is 5.02 Å². The summed E-state index contributed by atoms with van der Waals surface area (Å²) < 4.78 is 13.1. The fourth-order valence-corrected chi connectivity index (χ4v) is 1.51. The van der Waals surface area contributed by atoms with Gasteiger partial charge in [0.2, 0.25) is 0 Å². The van der Waals surface area contributed by atoms with Gasteiger partial charge in [-0.15, -0.1) is 10.2 Å². The summed E-state index contributed by atoms with van der Waals surface area (Å²) in [6, 6.07) is 6.63. The molecule has 0 aliphatic rings. The van der Waals surface area contributed by atoms with Crippen LogP contribution in [-0.4, -0.2) is 21.3 Å². The Morgan fingerprint density at radius 2 is 2.06 bits per heavy atom. The fraction of sp³-hybridized carbons (Fsp3) is 0. The van der Waals surface area contributed by atoms with Crippen molar-refractivity contribution in [3.05, 3.63) is 46.9 Å². The van der Waals surface area contributed by atoms with Crippen LogP contribution in [0.4, 0.5) is 15.9 Å². The summed E-state index contributed by atoms with van der Waals surface area (Å²) in [6.45, 7) is 0. The van der Waals surface area contributed by atoms with E-state index in [-0.39, 0.29) is 10.7 Å². The van der Waals surface area contributed by atoms with Gasteiger partial charge in [0, 0.05) is 10.7 Å². The van der Waals surface area contributed by atoms with E-state index < -0.39 is 11.8 Å². The van der Waals surface area contributed by atoms with Crippen LogP contribution in [-0.2, 0) is 0 Å². The number of nitrogens with one attached hydrogen (secondary N) is 1. The Kier molecular flexibility index (Phi) is 3.38. The molecule has 2 rings (SSSR count). The third-order valence-corrected chi connectivity index (χ3v) is 2.24. The standard InChI is InChI=1S/C11H7ClFN3O2/c12-6-3-7(13)5-8(4-6)14-10-2-1-9(11(17)18)15-16-10/h1-5H,(H,14,16)(H,17,18). The molecule has 0 atom stereocenters. The van der Waals surface area contributed by atoms with Gasteiger partial charge in [0.1, 0.15) is 5.82 Å². The number of aromatic carboxylic acids is 1. The summed E-state index contributed by atoms with van der Waals surface area (Å²) in [5.74, 6) is -1.36. The number of carbonyl (C=O) groups is 1. The zero-order valence-electron chi connectivity index (χ0n) is 8.89. The molecule has 0 aliphatic carbocycles. The number of benzene rings is 1. The van der Waals surface area contributed by atoms with Crippen molar-refractivity contribution in [3.63, 3.8) is 0 Å². The second kappa shape index (κ2) is 4.97. The van der Waals surface area contributed by atoms with Crippen LogP contribution in [0.1, 0.15) is 10.5 Å². The molecule has 92 valence electrons. The number of carboxylic acids is 1. The van der Waals surface area contributed by atoms with Gasteiger partial charge < -0.3 is 10.4 Å². The molecule has 0 saturated carbocycles. The highest BCUT2D eigenvalue weighted by molar-refractivity contribution is 6.30. The average molecular weight is 268 g/mol. The van der Waals surface area contributed by atoms with E-state index in [1.165, 1.54) is 30.3 Å². The van der Waals surface area contributed by atoms with E-state index in [1.807, 2.05) is 0 Å². The summed E-state index contributed by atoms with van der Waals surface area (Å²) in [6.07, 6.45) is 0. The van der Waals surface area contributed by atoms with Crippen LogP contribution in [0.5, 0.6) is 0 Å². The number of nitrogens with zero attached hydrogens (tertiary/aromatic N) is 2.